The van der Waals surface area contributed by atoms with Gasteiger partial charge in [0.05, 0.1) is 42.2 Å². The fourth-order valence-electron chi connectivity index (χ4n) is 14.1. The van der Waals surface area contributed by atoms with E-state index < -0.39 is 114 Å². The highest BCUT2D eigenvalue weighted by Crippen LogP contribution is 2.76. The van der Waals surface area contributed by atoms with Gasteiger partial charge in [-0.15, -0.1) is 0 Å². The molecule has 7 rings (SSSR count). The van der Waals surface area contributed by atoms with Crippen molar-refractivity contribution in [3.8, 4) is 0 Å². The summed E-state index contributed by atoms with van der Waals surface area (Å²) in [7, 11) is 0. The van der Waals surface area contributed by atoms with Crippen molar-refractivity contribution in [2.24, 2.45) is 45.3 Å². The van der Waals surface area contributed by atoms with Crippen molar-refractivity contribution >= 4 is 5.97 Å². The van der Waals surface area contributed by atoms with Gasteiger partial charge in [-0.2, -0.15) is 0 Å². The molecule has 0 aromatic carbocycles. The van der Waals surface area contributed by atoms with E-state index in [0.717, 1.165) is 25.7 Å². The van der Waals surface area contributed by atoms with Crippen LogP contribution in [0.4, 0.5) is 0 Å². The molecule has 3 aliphatic heterocycles. The lowest BCUT2D eigenvalue weighted by Gasteiger charge is -2.72. The zero-order valence-electron chi connectivity index (χ0n) is 35.8. The van der Waals surface area contributed by atoms with E-state index in [1.807, 2.05) is 13.8 Å². The summed E-state index contributed by atoms with van der Waals surface area (Å²) in [6, 6.07) is 0. The van der Waals surface area contributed by atoms with Crippen LogP contribution in [-0.2, 0) is 33.2 Å². The normalized spacial score (nSPS) is 54.3. The SMILES string of the molecule is CC(=O)OC[C@@H]1O[C@H](O[C@@H]2C[C@@]3(C)[C@H](C[C@@H](O)[C@@H]4[C@H]([C@]5(C)CC[C@@H](C(C)(C)O)O5)CC[C@]43C)[C@@]3(C)CC[C@@H](O)C(C)(C)[C@@H]23)[C@H](O[C@@H]2OC[C@@H](O)[C@@H](O)[C@H]2O)[C@@H](O)[C@@H]1O. The highest BCUT2D eigenvalue weighted by molar-refractivity contribution is 5.65. The average molecular weight is 829 g/mol. The number of hydrogen-bond donors (Lipinski definition) is 8. The molecule has 15 heteroatoms. The van der Waals surface area contributed by atoms with Crippen molar-refractivity contribution in [3.05, 3.63) is 0 Å². The Bertz CT molecular complexity index is 1510. The third-order valence-electron chi connectivity index (χ3n) is 17.3. The van der Waals surface area contributed by atoms with Gasteiger partial charge >= 0.3 is 5.97 Å². The van der Waals surface area contributed by atoms with Gasteiger partial charge in [-0.05, 0) is 117 Å². The molecule has 0 bridgehead atoms. The topological polar surface area (TPSA) is 234 Å². The summed E-state index contributed by atoms with van der Waals surface area (Å²) >= 11 is 0. The second kappa shape index (κ2) is 15.3. The summed E-state index contributed by atoms with van der Waals surface area (Å²) in [5, 5.41) is 89.4. The highest BCUT2D eigenvalue weighted by Gasteiger charge is 2.74. The van der Waals surface area contributed by atoms with E-state index >= 15 is 0 Å². The number of fused-ring (bicyclic) bond motifs is 5. The molecule has 58 heavy (non-hydrogen) atoms. The molecule has 0 aromatic heterocycles. The van der Waals surface area contributed by atoms with Crippen molar-refractivity contribution in [2.75, 3.05) is 13.2 Å². The van der Waals surface area contributed by atoms with Crippen LogP contribution < -0.4 is 0 Å². The molecule has 3 saturated heterocycles. The molecule has 0 radical (unpaired) electrons. The van der Waals surface area contributed by atoms with E-state index in [4.69, 9.17) is 28.4 Å². The predicted octanol–water partition coefficient (Wildman–Crippen LogP) is 1.54. The van der Waals surface area contributed by atoms with Gasteiger partial charge < -0.3 is 69.3 Å². The molecule has 7 aliphatic rings. The zero-order chi connectivity index (χ0) is 42.7. The van der Waals surface area contributed by atoms with Crippen molar-refractivity contribution in [2.45, 2.75) is 205 Å². The van der Waals surface area contributed by atoms with E-state index in [0.29, 0.717) is 25.7 Å². The Morgan fingerprint density at radius 3 is 2.12 bits per heavy atom. The number of esters is 1. The summed E-state index contributed by atoms with van der Waals surface area (Å²) in [5.41, 5.74) is -3.47. The zero-order valence-corrected chi connectivity index (χ0v) is 35.8. The fraction of sp³-hybridized carbons (Fsp3) is 0.977. The highest BCUT2D eigenvalue weighted by atomic mass is 16.8. The van der Waals surface area contributed by atoms with Crippen LogP contribution in [0.3, 0.4) is 0 Å². The van der Waals surface area contributed by atoms with Gasteiger partial charge in [0.1, 0.15) is 49.3 Å². The molecule has 334 valence electrons. The predicted molar refractivity (Wildman–Crippen MR) is 205 cm³/mol. The summed E-state index contributed by atoms with van der Waals surface area (Å²) in [6.07, 6.45) is -10.3. The minimum atomic E-state index is -1.71. The van der Waals surface area contributed by atoms with Crippen molar-refractivity contribution in [3.63, 3.8) is 0 Å². The largest absolute Gasteiger partial charge is 0.463 e. The number of ether oxygens (including phenoxy) is 6. The molecule has 0 amide bonds. The maximum absolute atomic E-state index is 12.4. The van der Waals surface area contributed by atoms with Crippen LogP contribution in [0.25, 0.3) is 0 Å². The van der Waals surface area contributed by atoms with Crippen molar-refractivity contribution in [1.29, 1.82) is 0 Å². The van der Waals surface area contributed by atoms with Gasteiger partial charge in [-0.3, -0.25) is 4.79 Å². The third-order valence-corrected chi connectivity index (χ3v) is 17.3. The average Bonchev–Trinajstić information content (AvgIpc) is 3.73. The van der Waals surface area contributed by atoms with Crippen LogP contribution in [0.5, 0.6) is 0 Å². The quantitative estimate of drug-likeness (QED) is 0.128. The molecule has 8 N–H and O–H groups in total. The lowest BCUT2D eigenvalue weighted by molar-refractivity contribution is -0.377. The summed E-state index contributed by atoms with van der Waals surface area (Å²) in [4.78, 5) is 11.9. The first-order chi connectivity index (χ1) is 26.8. The Kier molecular flexibility index (Phi) is 11.9. The van der Waals surface area contributed by atoms with E-state index in [1.165, 1.54) is 6.92 Å². The minimum absolute atomic E-state index is 0.0372. The van der Waals surface area contributed by atoms with Gasteiger partial charge in [0.2, 0.25) is 0 Å². The Morgan fingerprint density at radius 1 is 0.793 bits per heavy atom. The number of aliphatic hydroxyl groups is 8. The fourth-order valence-corrected chi connectivity index (χ4v) is 14.1. The number of carbonyl (C=O) groups is 1. The Balaban J connectivity index is 1.26. The van der Waals surface area contributed by atoms with Gasteiger partial charge in [0, 0.05) is 6.92 Å². The van der Waals surface area contributed by atoms with Gasteiger partial charge in [-0.25, -0.2) is 0 Å². The van der Waals surface area contributed by atoms with E-state index in [2.05, 4.69) is 27.7 Å². The molecule has 3 heterocycles. The second-order valence-corrected chi connectivity index (χ2v) is 21.4. The third kappa shape index (κ3) is 7.11. The molecular weight excluding hydrogens is 756 g/mol. The summed E-state index contributed by atoms with van der Waals surface area (Å²) in [5.74, 6) is -0.933. The Hall–Kier alpha value is -1.05. The lowest BCUT2D eigenvalue weighted by atomic mass is 9.34. The number of aliphatic hydroxyl groups excluding tert-OH is 7. The van der Waals surface area contributed by atoms with Crippen molar-refractivity contribution in [1.82, 2.24) is 0 Å². The maximum Gasteiger partial charge on any atom is 0.302 e. The van der Waals surface area contributed by atoms with Crippen LogP contribution in [0.2, 0.25) is 0 Å². The molecule has 4 aliphatic carbocycles. The van der Waals surface area contributed by atoms with Crippen LogP contribution in [0.1, 0.15) is 114 Å². The molecule has 4 saturated carbocycles. The van der Waals surface area contributed by atoms with Crippen LogP contribution >= 0.6 is 0 Å². The van der Waals surface area contributed by atoms with E-state index in [1.54, 1.807) is 13.8 Å². The first kappa shape index (κ1) is 45.0. The maximum atomic E-state index is 12.4. The summed E-state index contributed by atoms with van der Waals surface area (Å²) < 4.78 is 37.2. The first-order valence-corrected chi connectivity index (χ1v) is 21.7. The monoisotopic (exact) mass is 828 g/mol. The smallest absolute Gasteiger partial charge is 0.302 e. The number of carbonyl (C=O) groups excluding carboxylic acids is 1. The minimum Gasteiger partial charge on any atom is -0.463 e. The lowest BCUT2D eigenvalue weighted by Crippen LogP contribution is -2.71. The van der Waals surface area contributed by atoms with E-state index in [-0.39, 0.29) is 41.8 Å². The number of rotatable bonds is 8. The van der Waals surface area contributed by atoms with Gasteiger partial charge in [0.25, 0.3) is 0 Å². The van der Waals surface area contributed by atoms with Crippen LogP contribution in [0.15, 0.2) is 0 Å². The Morgan fingerprint density at radius 2 is 1.48 bits per heavy atom. The Labute approximate surface area is 342 Å². The van der Waals surface area contributed by atoms with Crippen LogP contribution in [-0.4, -0.2) is 151 Å². The molecule has 0 unspecified atom stereocenters. The second-order valence-electron chi connectivity index (χ2n) is 21.4. The summed E-state index contributed by atoms with van der Waals surface area (Å²) in [6.45, 7) is 17.2. The van der Waals surface area contributed by atoms with Crippen LogP contribution in [0, 0.1) is 45.3 Å². The van der Waals surface area contributed by atoms with Gasteiger partial charge in [0.15, 0.2) is 12.6 Å². The standard InChI is InChI=1S/C43H72O15/c1-20(44)53-19-25-31(49)32(50)34(57-36-33(51)30(48)23(46)18-54-36)37(56-25)55-24-17-42(8)26(40(6)13-11-27(47)38(2,3)35(24)40)16-22(45)29-21(10-14-41(29,42)7)43(9)15-12-28(58-43)39(4,5)52/h21-37,45-52H,10-19H2,1-9H3/t21-,22-,23-,24-,25+,26-,27-,28+,29+,30-,31-,32+,33-,34-,35-,36+,37+,40-,41-,42+,43+/m1/s1. The molecule has 0 spiro atoms. The number of hydrogen-bond acceptors (Lipinski definition) is 15. The van der Waals surface area contributed by atoms with E-state index in [9.17, 15) is 45.6 Å². The van der Waals surface area contributed by atoms with Gasteiger partial charge in [-0.1, -0.05) is 34.6 Å². The molecule has 7 fully saturated rings. The molecule has 0 aromatic rings. The molecule has 21 atom stereocenters. The molecular formula is C43H72O15. The van der Waals surface area contributed by atoms with Crippen molar-refractivity contribution < 1.29 is 74.1 Å². The first-order valence-electron chi connectivity index (χ1n) is 21.7. The molecule has 15 nitrogen and oxygen atoms in total.